The lowest BCUT2D eigenvalue weighted by molar-refractivity contribution is 0.328. The van der Waals surface area contributed by atoms with Gasteiger partial charge in [-0.1, -0.05) is 5.16 Å². The third-order valence-electron chi connectivity index (χ3n) is 4.37. The number of aromatic nitrogens is 4. The number of ether oxygens (including phenoxy) is 1. The van der Waals surface area contributed by atoms with E-state index in [0.29, 0.717) is 12.5 Å². The monoisotopic (exact) mass is 348 g/mol. The van der Waals surface area contributed by atoms with Crippen molar-refractivity contribution >= 4 is 11.0 Å². The highest BCUT2D eigenvalue weighted by Gasteiger charge is 2.18. The van der Waals surface area contributed by atoms with E-state index in [4.69, 9.17) is 9.26 Å². The Kier molecular flexibility index (Phi) is 3.95. The Morgan fingerprint density at radius 3 is 2.73 bits per heavy atom. The second-order valence-corrected chi connectivity index (χ2v) is 6.23. The van der Waals surface area contributed by atoms with Gasteiger partial charge in [-0.15, -0.1) is 0 Å². The number of aryl methyl sites for hydroxylation is 3. The van der Waals surface area contributed by atoms with Crippen LogP contribution in [0.15, 0.2) is 35.0 Å². The zero-order valence-electron chi connectivity index (χ0n) is 15.3. The van der Waals surface area contributed by atoms with Crippen LogP contribution < -0.4 is 4.74 Å². The van der Waals surface area contributed by atoms with E-state index in [2.05, 4.69) is 32.2 Å². The standard InChI is InChI=1S/C20H20N4O2/c1-5-25-20-15(7-6-8-21-20)16-9-14(18-11(2)24-26-12(18)3)10-17-19(16)23-13(4)22-17/h6-10H,5H2,1-4H3,(H,22,23). The summed E-state index contributed by atoms with van der Waals surface area (Å²) in [5, 5.41) is 4.09. The van der Waals surface area contributed by atoms with Gasteiger partial charge in [0.05, 0.1) is 23.3 Å². The molecule has 0 fully saturated rings. The zero-order valence-corrected chi connectivity index (χ0v) is 15.3. The summed E-state index contributed by atoms with van der Waals surface area (Å²) in [5.41, 5.74) is 6.63. The van der Waals surface area contributed by atoms with Gasteiger partial charge in [0.1, 0.15) is 11.6 Å². The van der Waals surface area contributed by atoms with Crippen LogP contribution in [0.3, 0.4) is 0 Å². The normalized spacial score (nSPS) is 11.2. The topological polar surface area (TPSA) is 76.8 Å². The molecule has 0 spiro atoms. The average molecular weight is 348 g/mol. The molecule has 1 aromatic carbocycles. The molecule has 0 unspecified atom stereocenters. The van der Waals surface area contributed by atoms with Crippen molar-refractivity contribution in [1.29, 1.82) is 0 Å². The summed E-state index contributed by atoms with van der Waals surface area (Å²) >= 11 is 0. The smallest absolute Gasteiger partial charge is 0.221 e. The number of rotatable bonds is 4. The second-order valence-electron chi connectivity index (χ2n) is 6.23. The Bertz CT molecular complexity index is 1080. The van der Waals surface area contributed by atoms with Gasteiger partial charge >= 0.3 is 0 Å². The molecule has 26 heavy (non-hydrogen) atoms. The molecule has 6 nitrogen and oxygen atoms in total. The van der Waals surface area contributed by atoms with Gasteiger partial charge < -0.3 is 14.2 Å². The van der Waals surface area contributed by atoms with Crippen molar-refractivity contribution in [3.05, 3.63) is 47.7 Å². The lowest BCUT2D eigenvalue weighted by Crippen LogP contribution is -1.97. The summed E-state index contributed by atoms with van der Waals surface area (Å²) in [6.07, 6.45) is 1.74. The van der Waals surface area contributed by atoms with E-state index in [0.717, 1.165) is 50.6 Å². The molecule has 0 bridgehead atoms. The minimum Gasteiger partial charge on any atom is -0.478 e. The highest BCUT2D eigenvalue weighted by Crippen LogP contribution is 2.38. The predicted octanol–water partition coefficient (Wildman–Crippen LogP) is 4.60. The molecule has 0 aliphatic heterocycles. The van der Waals surface area contributed by atoms with Crippen LogP contribution in [0.4, 0.5) is 0 Å². The Labute approximate surface area is 151 Å². The largest absolute Gasteiger partial charge is 0.478 e. The van der Waals surface area contributed by atoms with Crippen LogP contribution in [0.5, 0.6) is 5.88 Å². The maximum Gasteiger partial charge on any atom is 0.221 e. The van der Waals surface area contributed by atoms with Crippen molar-refractivity contribution < 1.29 is 9.26 Å². The van der Waals surface area contributed by atoms with Gasteiger partial charge in [0, 0.05) is 22.9 Å². The molecule has 0 aliphatic carbocycles. The molecule has 4 aromatic rings. The lowest BCUT2D eigenvalue weighted by atomic mass is 9.97. The van der Waals surface area contributed by atoms with Gasteiger partial charge in [0.25, 0.3) is 0 Å². The van der Waals surface area contributed by atoms with Crippen LogP contribution >= 0.6 is 0 Å². The molecular formula is C20H20N4O2. The number of pyridine rings is 1. The molecule has 6 heteroatoms. The Morgan fingerprint density at radius 1 is 1.15 bits per heavy atom. The number of imidazole rings is 1. The van der Waals surface area contributed by atoms with Crippen LogP contribution in [0, 0.1) is 20.8 Å². The maximum atomic E-state index is 5.75. The number of nitrogens with zero attached hydrogens (tertiary/aromatic N) is 3. The predicted molar refractivity (Wildman–Crippen MR) is 100 cm³/mol. The summed E-state index contributed by atoms with van der Waals surface area (Å²) < 4.78 is 11.1. The third kappa shape index (κ3) is 2.63. The van der Waals surface area contributed by atoms with E-state index >= 15 is 0 Å². The third-order valence-corrected chi connectivity index (χ3v) is 4.37. The van der Waals surface area contributed by atoms with E-state index in [-0.39, 0.29) is 0 Å². The fraction of sp³-hybridized carbons (Fsp3) is 0.250. The molecule has 0 amide bonds. The molecule has 0 aliphatic rings. The van der Waals surface area contributed by atoms with Crippen molar-refractivity contribution in [3.63, 3.8) is 0 Å². The maximum absolute atomic E-state index is 5.75. The molecule has 0 saturated heterocycles. The molecule has 3 heterocycles. The molecule has 3 aromatic heterocycles. The first-order valence-electron chi connectivity index (χ1n) is 8.60. The van der Waals surface area contributed by atoms with Crippen LogP contribution in [0.25, 0.3) is 33.3 Å². The first kappa shape index (κ1) is 16.3. The average Bonchev–Trinajstić information content (AvgIpc) is 3.16. The van der Waals surface area contributed by atoms with Crippen molar-refractivity contribution in [2.75, 3.05) is 6.61 Å². The van der Waals surface area contributed by atoms with Crippen molar-refractivity contribution in [2.24, 2.45) is 0 Å². The summed E-state index contributed by atoms with van der Waals surface area (Å²) in [7, 11) is 0. The highest BCUT2D eigenvalue weighted by atomic mass is 16.5. The summed E-state index contributed by atoms with van der Waals surface area (Å²) in [5.74, 6) is 2.26. The van der Waals surface area contributed by atoms with E-state index in [1.165, 1.54) is 0 Å². The Hall–Kier alpha value is -3.15. The fourth-order valence-electron chi connectivity index (χ4n) is 3.33. The highest BCUT2D eigenvalue weighted by molar-refractivity contribution is 5.97. The number of fused-ring (bicyclic) bond motifs is 1. The minimum atomic E-state index is 0.552. The number of hydrogen-bond donors (Lipinski definition) is 1. The summed E-state index contributed by atoms with van der Waals surface area (Å²) in [6, 6.07) is 8.11. The lowest BCUT2D eigenvalue weighted by Gasteiger charge is -2.11. The van der Waals surface area contributed by atoms with Gasteiger partial charge in [-0.2, -0.15) is 0 Å². The van der Waals surface area contributed by atoms with Crippen molar-refractivity contribution in [1.82, 2.24) is 20.1 Å². The molecule has 0 saturated carbocycles. The molecule has 4 rings (SSSR count). The van der Waals surface area contributed by atoms with Gasteiger partial charge in [-0.05, 0) is 57.5 Å². The number of H-pyrrole nitrogens is 1. The molecule has 0 atom stereocenters. The molecule has 0 radical (unpaired) electrons. The second kappa shape index (κ2) is 6.29. The SMILES string of the molecule is CCOc1ncccc1-c1cc(-c2c(C)noc2C)cc2[nH]c(C)nc12. The minimum absolute atomic E-state index is 0.552. The van der Waals surface area contributed by atoms with Gasteiger partial charge in [-0.3, -0.25) is 0 Å². The van der Waals surface area contributed by atoms with Crippen LogP contribution in [-0.2, 0) is 0 Å². The molecule has 132 valence electrons. The van der Waals surface area contributed by atoms with E-state index in [1.54, 1.807) is 6.20 Å². The quantitative estimate of drug-likeness (QED) is 0.583. The molecule has 1 N–H and O–H groups in total. The Balaban J connectivity index is 2.03. The van der Waals surface area contributed by atoms with Crippen LogP contribution in [0.1, 0.15) is 24.2 Å². The summed E-state index contributed by atoms with van der Waals surface area (Å²) in [6.45, 7) is 8.33. The number of aromatic amines is 1. The number of benzene rings is 1. The zero-order chi connectivity index (χ0) is 18.3. The van der Waals surface area contributed by atoms with Crippen molar-refractivity contribution in [3.8, 4) is 28.1 Å². The fourth-order valence-corrected chi connectivity index (χ4v) is 3.33. The van der Waals surface area contributed by atoms with Gasteiger partial charge in [-0.25, -0.2) is 9.97 Å². The van der Waals surface area contributed by atoms with E-state index in [1.807, 2.05) is 39.8 Å². The first-order valence-corrected chi connectivity index (χ1v) is 8.60. The van der Waals surface area contributed by atoms with Crippen molar-refractivity contribution in [2.45, 2.75) is 27.7 Å². The number of hydrogen-bond acceptors (Lipinski definition) is 5. The molecular weight excluding hydrogens is 328 g/mol. The van der Waals surface area contributed by atoms with Crippen LogP contribution in [-0.4, -0.2) is 26.7 Å². The van der Waals surface area contributed by atoms with Gasteiger partial charge in [0.15, 0.2) is 0 Å². The Morgan fingerprint density at radius 2 is 2.00 bits per heavy atom. The first-order chi connectivity index (χ1) is 12.6. The van der Waals surface area contributed by atoms with Gasteiger partial charge in [0.2, 0.25) is 5.88 Å². The number of nitrogens with one attached hydrogen (secondary N) is 1. The van der Waals surface area contributed by atoms with E-state index in [9.17, 15) is 0 Å². The summed E-state index contributed by atoms with van der Waals surface area (Å²) in [4.78, 5) is 12.4. The van der Waals surface area contributed by atoms with E-state index < -0.39 is 0 Å². The van der Waals surface area contributed by atoms with Crippen LogP contribution in [0.2, 0.25) is 0 Å².